The van der Waals surface area contributed by atoms with Gasteiger partial charge in [0.2, 0.25) is 0 Å². The molecule has 0 spiro atoms. The summed E-state index contributed by atoms with van der Waals surface area (Å²) < 4.78 is 4.66. The van der Waals surface area contributed by atoms with Gasteiger partial charge in [0.25, 0.3) is 0 Å². The van der Waals surface area contributed by atoms with E-state index in [9.17, 15) is 10.5 Å². The molecule has 8 aromatic carbocycles. The van der Waals surface area contributed by atoms with Crippen molar-refractivity contribution in [1.82, 2.24) is 19.1 Å². The van der Waals surface area contributed by atoms with Gasteiger partial charge < -0.3 is 9.13 Å². The van der Waals surface area contributed by atoms with Crippen LogP contribution in [-0.4, -0.2) is 19.1 Å². The predicted octanol–water partition coefficient (Wildman–Crippen LogP) is 13.1. The molecule has 0 saturated heterocycles. The van der Waals surface area contributed by atoms with Crippen LogP contribution in [0.2, 0.25) is 0 Å². The number of nitriles is 2. The van der Waals surface area contributed by atoms with E-state index in [1.165, 1.54) is 27.2 Å². The quantitative estimate of drug-likeness (QED) is 0.169. The van der Waals surface area contributed by atoms with E-state index in [1.807, 2.05) is 78.9 Å². The maximum absolute atomic E-state index is 10.6. The van der Waals surface area contributed by atoms with E-state index >= 15 is 0 Å². The van der Waals surface area contributed by atoms with Crippen molar-refractivity contribution in [1.29, 1.82) is 10.5 Å². The summed E-state index contributed by atoms with van der Waals surface area (Å²) in [5.74, 6) is 0.521. The van der Waals surface area contributed by atoms with Crippen LogP contribution in [0.4, 0.5) is 0 Å². The molecule has 6 heteroatoms. The van der Waals surface area contributed by atoms with Gasteiger partial charge in [-0.2, -0.15) is 10.5 Å². The number of benzene rings is 8. The second kappa shape index (κ2) is 14.1. The zero-order valence-electron chi connectivity index (χ0n) is 32.2. The highest BCUT2D eigenvalue weighted by Crippen LogP contribution is 2.39. The lowest BCUT2D eigenvalue weighted by atomic mass is 9.92. The molecule has 3 heterocycles. The van der Waals surface area contributed by atoms with E-state index in [0.717, 1.165) is 50.0 Å². The van der Waals surface area contributed by atoms with Crippen LogP contribution < -0.4 is 0 Å². The Bertz CT molecular complexity index is 3400. The molecule has 0 atom stereocenters. The number of rotatable bonds is 6. The minimum absolute atomic E-state index is 0.367. The first-order valence-electron chi connectivity index (χ1n) is 19.8. The van der Waals surface area contributed by atoms with Crippen LogP contribution in [0.3, 0.4) is 0 Å². The first-order chi connectivity index (χ1) is 29.7. The smallest absolute Gasteiger partial charge is 0.160 e. The molecule has 3 aromatic heterocycles. The number of hydrogen-bond acceptors (Lipinski definition) is 4. The normalized spacial score (nSPS) is 11.3. The Kier molecular flexibility index (Phi) is 8.15. The van der Waals surface area contributed by atoms with Gasteiger partial charge in [-0.15, -0.1) is 0 Å². The monoisotopic (exact) mass is 764 g/mol. The molecule has 0 unspecified atom stereocenters. The Balaban J connectivity index is 1.01. The summed E-state index contributed by atoms with van der Waals surface area (Å²) in [6, 6.07) is 70.8. The molecule has 0 fully saturated rings. The van der Waals surface area contributed by atoms with Crippen molar-refractivity contribution in [3.63, 3.8) is 0 Å². The van der Waals surface area contributed by atoms with Crippen LogP contribution in [0.25, 0.3) is 100 Å². The summed E-state index contributed by atoms with van der Waals surface area (Å²) in [5, 5.41) is 26.0. The van der Waals surface area contributed by atoms with Crippen LogP contribution >= 0.6 is 0 Å². The van der Waals surface area contributed by atoms with E-state index in [1.54, 1.807) is 0 Å². The highest BCUT2D eigenvalue weighted by molar-refractivity contribution is 6.12. The second-order valence-electron chi connectivity index (χ2n) is 14.8. The molecule has 0 N–H and O–H groups in total. The van der Waals surface area contributed by atoms with Crippen molar-refractivity contribution in [3.05, 3.63) is 205 Å². The number of aromatic nitrogens is 4. The summed E-state index contributed by atoms with van der Waals surface area (Å²) in [4.78, 5) is 9.84. The second-order valence-corrected chi connectivity index (χ2v) is 14.8. The van der Waals surface area contributed by atoms with E-state index in [2.05, 4.69) is 137 Å². The van der Waals surface area contributed by atoms with Crippen LogP contribution in [-0.2, 0) is 0 Å². The lowest BCUT2D eigenvalue weighted by molar-refractivity contribution is 1.17. The summed E-state index contributed by atoms with van der Waals surface area (Å²) in [5.41, 5.74) is 12.6. The Morgan fingerprint density at radius 2 is 0.817 bits per heavy atom. The van der Waals surface area contributed by atoms with Gasteiger partial charge in [0.1, 0.15) is 0 Å². The molecule has 278 valence electrons. The number of fused-ring (bicyclic) bond motifs is 6. The molecule has 6 nitrogen and oxygen atoms in total. The number of nitrogens with zero attached hydrogens (tertiary/aromatic N) is 6. The van der Waals surface area contributed by atoms with Crippen molar-refractivity contribution >= 4 is 43.6 Å². The van der Waals surface area contributed by atoms with E-state index in [0.29, 0.717) is 33.9 Å². The molecule has 0 aliphatic carbocycles. The molecule has 0 radical (unpaired) electrons. The van der Waals surface area contributed by atoms with Crippen molar-refractivity contribution in [3.8, 4) is 68.5 Å². The average Bonchev–Trinajstić information content (AvgIpc) is 3.84. The van der Waals surface area contributed by atoms with Crippen molar-refractivity contribution in [2.45, 2.75) is 0 Å². The minimum atomic E-state index is 0.367. The third kappa shape index (κ3) is 5.63. The van der Waals surface area contributed by atoms with E-state index < -0.39 is 0 Å². The molecule has 11 aromatic rings. The third-order valence-electron chi connectivity index (χ3n) is 11.4. The average molecular weight is 765 g/mol. The Labute approximate surface area is 345 Å². The zero-order valence-corrected chi connectivity index (χ0v) is 32.2. The first-order valence-corrected chi connectivity index (χ1v) is 19.8. The fraction of sp³-hybridized carbons (Fsp3) is 0. The lowest BCUT2D eigenvalue weighted by Gasteiger charge is -2.14. The Morgan fingerprint density at radius 1 is 0.350 bits per heavy atom. The third-order valence-corrected chi connectivity index (χ3v) is 11.4. The molecule has 0 aliphatic heterocycles. The number of para-hydroxylation sites is 3. The van der Waals surface area contributed by atoms with Crippen LogP contribution in [0.5, 0.6) is 0 Å². The molecule has 60 heavy (non-hydrogen) atoms. The van der Waals surface area contributed by atoms with Gasteiger partial charge in [-0.25, -0.2) is 9.97 Å². The molecule has 11 rings (SSSR count). The highest BCUT2D eigenvalue weighted by atomic mass is 15.0. The van der Waals surface area contributed by atoms with Gasteiger partial charge in [0.05, 0.1) is 56.7 Å². The maximum Gasteiger partial charge on any atom is 0.160 e. The van der Waals surface area contributed by atoms with Gasteiger partial charge in [0, 0.05) is 49.6 Å². The summed E-state index contributed by atoms with van der Waals surface area (Å²) >= 11 is 0. The van der Waals surface area contributed by atoms with E-state index in [4.69, 9.17) is 9.97 Å². The minimum Gasteiger partial charge on any atom is -0.309 e. The molecule has 0 aliphatic rings. The van der Waals surface area contributed by atoms with Gasteiger partial charge in [-0.05, 0) is 77.9 Å². The summed E-state index contributed by atoms with van der Waals surface area (Å²) in [7, 11) is 0. The summed E-state index contributed by atoms with van der Waals surface area (Å²) in [6.07, 6.45) is 0. The first kappa shape index (κ1) is 34.7. The van der Waals surface area contributed by atoms with Gasteiger partial charge >= 0.3 is 0 Å². The maximum atomic E-state index is 10.6. The largest absolute Gasteiger partial charge is 0.309 e. The fourth-order valence-corrected chi connectivity index (χ4v) is 8.69. The molecular weight excluding hydrogens is 733 g/mol. The van der Waals surface area contributed by atoms with E-state index in [-0.39, 0.29) is 0 Å². The highest BCUT2D eigenvalue weighted by Gasteiger charge is 2.20. The van der Waals surface area contributed by atoms with Crippen LogP contribution in [0.1, 0.15) is 11.1 Å². The van der Waals surface area contributed by atoms with Crippen molar-refractivity contribution in [2.75, 3.05) is 0 Å². The fourth-order valence-electron chi connectivity index (χ4n) is 8.69. The van der Waals surface area contributed by atoms with Crippen molar-refractivity contribution in [2.24, 2.45) is 0 Å². The van der Waals surface area contributed by atoms with Gasteiger partial charge in [-0.1, -0.05) is 127 Å². The van der Waals surface area contributed by atoms with Gasteiger partial charge in [0.15, 0.2) is 5.82 Å². The van der Waals surface area contributed by atoms with Crippen molar-refractivity contribution < 1.29 is 0 Å². The SMILES string of the molecule is N#Cc1cc(-c2ccc(-n3c4ccccc4c4cc(-n5c6ccccc6c6ccccc65)ccc43)cc2)cc(C#N)c1-c1cc(-c2ccccc2)nc(-c2ccccc2)n1. The van der Waals surface area contributed by atoms with Gasteiger partial charge in [-0.3, -0.25) is 0 Å². The molecule has 0 saturated carbocycles. The molecule has 0 bridgehead atoms. The Morgan fingerprint density at radius 3 is 1.40 bits per heavy atom. The summed E-state index contributed by atoms with van der Waals surface area (Å²) in [6.45, 7) is 0. The molecule has 0 amide bonds. The zero-order chi connectivity index (χ0) is 40.2. The standard InChI is InChI=1S/C54H32N6/c55-33-39-29-38(30-40(34-56)53(39)48-32-47(36-13-3-1-4-14-36)57-54(58-48)37-15-5-2-6-16-37)35-23-25-41(26-24-35)59-51-22-12-9-19-45(51)46-31-42(27-28-52(46)59)60-49-20-10-7-17-43(49)44-18-8-11-21-50(44)60/h1-32H. The lowest BCUT2D eigenvalue weighted by Crippen LogP contribution is -1.99. The number of hydrogen-bond donors (Lipinski definition) is 0. The Hall–Kier alpha value is -8.58. The van der Waals surface area contributed by atoms with Crippen LogP contribution in [0.15, 0.2) is 194 Å². The molecular formula is C54H32N6. The topological polar surface area (TPSA) is 83.2 Å². The van der Waals surface area contributed by atoms with Crippen LogP contribution in [0, 0.1) is 22.7 Å². The predicted molar refractivity (Wildman–Crippen MR) is 242 cm³/mol.